The van der Waals surface area contributed by atoms with E-state index in [1.165, 1.54) is 0 Å². The van der Waals surface area contributed by atoms with E-state index in [0.29, 0.717) is 30.1 Å². The highest BCUT2D eigenvalue weighted by atomic mass is 35.5. The molecular formula is C12H17Cl2NO2. The van der Waals surface area contributed by atoms with Gasteiger partial charge in [0.25, 0.3) is 0 Å². The SMILES string of the molecule is CCCCOCCOCc1ccc(Cl)nc1Cl. The van der Waals surface area contributed by atoms with Gasteiger partial charge in [-0.15, -0.1) is 0 Å². The number of rotatable bonds is 8. The third-order valence-electron chi connectivity index (χ3n) is 2.16. The monoisotopic (exact) mass is 277 g/mol. The van der Waals surface area contributed by atoms with Crippen LogP contribution in [0, 0.1) is 0 Å². The Morgan fingerprint density at radius 3 is 2.59 bits per heavy atom. The quantitative estimate of drug-likeness (QED) is 0.536. The second-order valence-electron chi connectivity index (χ2n) is 3.60. The Balaban J connectivity index is 2.14. The van der Waals surface area contributed by atoms with E-state index in [1.54, 1.807) is 6.07 Å². The number of halogens is 2. The van der Waals surface area contributed by atoms with E-state index in [0.717, 1.165) is 25.0 Å². The van der Waals surface area contributed by atoms with Crippen molar-refractivity contribution >= 4 is 23.2 Å². The maximum Gasteiger partial charge on any atom is 0.136 e. The highest BCUT2D eigenvalue weighted by molar-refractivity contribution is 6.32. The Hall–Kier alpha value is -0.350. The fraction of sp³-hybridized carbons (Fsp3) is 0.583. The standard InChI is InChI=1S/C12H17Cl2NO2/c1-2-3-6-16-7-8-17-9-10-4-5-11(13)15-12(10)14/h4-5H,2-3,6-9H2,1H3. The van der Waals surface area contributed by atoms with Gasteiger partial charge in [0.05, 0.1) is 19.8 Å². The van der Waals surface area contributed by atoms with Gasteiger partial charge in [-0.25, -0.2) is 4.98 Å². The molecule has 0 aromatic carbocycles. The molecule has 0 atom stereocenters. The number of aromatic nitrogens is 1. The van der Waals surface area contributed by atoms with E-state index in [9.17, 15) is 0 Å². The van der Waals surface area contributed by atoms with Crippen molar-refractivity contribution in [2.45, 2.75) is 26.4 Å². The molecule has 0 N–H and O–H groups in total. The molecule has 0 aliphatic heterocycles. The molecule has 0 saturated carbocycles. The van der Waals surface area contributed by atoms with Crippen LogP contribution in [0.25, 0.3) is 0 Å². The molecule has 0 saturated heterocycles. The van der Waals surface area contributed by atoms with Crippen LogP contribution in [-0.2, 0) is 16.1 Å². The highest BCUT2D eigenvalue weighted by Crippen LogP contribution is 2.17. The van der Waals surface area contributed by atoms with Crippen LogP contribution in [0.1, 0.15) is 25.3 Å². The Morgan fingerprint density at radius 2 is 1.88 bits per heavy atom. The van der Waals surface area contributed by atoms with E-state index < -0.39 is 0 Å². The van der Waals surface area contributed by atoms with Gasteiger partial charge in [0.15, 0.2) is 0 Å². The van der Waals surface area contributed by atoms with Crippen molar-refractivity contribution in [3.63, 3.8) is 0 Å². The lowest BCUT2D eigenvalue weighted by atomic mass is 10.3. The summed E-state index contributed by atoms with van der Waals surface area (Å²) in [6.45, 7) is 4.53. The first-order chi connectivity index (χ1) is 8.24. The molecule has 3 nitrogen and oxygen atoms in total. The average Bonchev–Trinajstić information content (AvgIpc) is 2.30. The van der Waals surface area contributed by atoms with Crippen molar-refractivity contribution in [3.8, 4) is 0 Å². The second-order valence-corrected chi connectivity index (χ2v) is 4.35. The summed E-state index contributed by atoms with van der Waals surface area (Å²) >= 11 is 11.6. The van der Waals surface area contributed by atoms with Gasteiger partial charge in [-0.2, -0.15) is 0 Å². The summed E-state index contributed by atoms with van der Waals surface area (Å²) < 4.78 is 10.8. The van der Waals surface area contributed by atoms with Gasteiger partial charge in [0.1, 0.15) is 10.3 Å². The fourth-order valence-corrected chi connectivity index (χ4v) is 1.60. The van der Waals surface area contributed by atoms with Gasteiger partial charge in [0.2, 0.25) is 0 Å². The molecule has 0 aliphatic carbocycles. The van der Waals surface area contributed by atoms with E-state index in [-0.39, 0.29) is 0 Å². The van der Waals surface area contributed by atoms with Crippen LogP contribution in [-0.4, -0.2) is 24.8 Å². The molecule has 5 heteroatoms. The third-order valence-corrected chi connectivity index (χ3v) is 2.70. The van der Waals surface area contributed by atoms with Gasteiger partial charge >= 0.3 is 0 Å². The summed E-state index contributed by atoms with van der Waals surface area (Å²) in [6, 6.07) is 3.51. The number of ether oxygens (including phenoxy) is 2. The maximum atomic E-state index is 5.90. The number of hydrogen-bond acceptors (Lipinski definition) is 3. The van der Waals surface area contributed by atoms with Crippen molar-refractivity contribution in [1.29, 1.82) is 0 Å². The highest BCUT2D eigenvalue weighted by Gasteiger charge is 2.02. The normalized spacial score (nSPS) is 10.8. The Morgan fingerprint density at radius 1 is 1.12 bits per heavy atom. The molecule has 1 rings (SSSR count). The molecule has 0 radical (unpaired) electrons. The molecule has 0 fully saturated rings. The number of hydrogen-bond donors (Lipinski definition) is 0. The van der Waals surface area contributed by atoms with E-state index in [1.807, 2.05) is 6.07 Å². The van der Waals surface area contributed by atoms with Gasteiger partial charge in [-0.3, -0.25) is 0 Å². The summed E-state index contributed by atoms with van der Waals surface area (Å²) in [5.74, 6) is 0. The molecule has 1 aromatic rings. The van der Waals surface area contributed by atoms with Gasteiger partial charge in [-0.05, 0) is 12.5 Å². The van der Waals surface area contributed by atoms with Crippen LogP contribution in [0.3, 0.4) is 0 Å². The summed E-state index contributed by atoms with van der Waals surface area (Å²) in [5, 5.41) is 0.783. The molecule has 96 valence electrons. The van der Waals surface area contributed by atoms with E-state index >= 15 is 0 Å². The lowest BCUT2D eigenvalue weighted by Crippen LogP contribution is -2.05. The Bertz CT molecular complexity index is 334. The molecular weight excluding hydrogens is 261 g/mol. The van der Waals surface area contributed by atoms with Crippen molar-refractivity contribution in [2.24, 2.45) is 0 Å². The molecule has 0 amide bonds. The van der Waals surface area contributed by atoms with Crippen LogP contribution in [0.5, 0.6) is 0 Å². The Kier molecular flexibility index (Phi) is 7.53. The first kappa shape index (κ1) is 14.7. The van der Waals surface area contributed by atoms with Crippen molar-refractivity contribution < 1.29 is 9.47 Å². The zero-order chi connectivity index (χ0) is 12.5. The lowest BCUT2D eigenvalue weighted by Gasteiger charge is -2.06. The zero-order valence-corrected chi connectivity index (χ0v) is 11.4. The van der Waals surface area contributed by atoms with Crippen LogP contribution >= 0.6 is 23.2 Å². The van der Waals surface area contributed by atoms with Crippen molar-refractivity contribution in [2.75, 3.05) is 19.8 Å². The smallest absolute Gasteiger partial charge is 0.136 e. The molecule has 17 heavy (non-hydrogen) atoms. The van der Waals surface area contributed by atoms with Crippen molar-refractivity contribution in [3.05, 3.63) is 28.0 Å². The summed E-state index contributed by atoms with van der Waals surface area (Å²) in [6.07, 6.45) is 2.24. The maximum absolute atomic E-state index is 5.90. The van der Waals surface area contributed by atoms with E-state index in [2.05, 4.69) is 11.9 Å². The Labute approximate surface area is 112 Å². The molecule has 0 bridgehead atoms. The third kappa shape index (κ3) is 6.22. The van der Waals surface area contributed by atoms with Crippen molar-refractivity contribution in [1.82, 2.24) is 4.98 Å². The molecule has 0 spiro atoms. The predicted molar refractivity (Wildman–Crippen MR) is 69.6 cm³/mol. The van der Waals surface area contributed by atoms with Crippen LogP contribution in [0.2, 0.25) is 10.3 Å². The number of nitrogens with zero attached hydrogens (tertiary/aromatic N) is 1. The van der Waals surface area contributed by atoms with Crippen LogP contribution in [0.4, 0.5) is 0 Å². The summed E-state index contributed by atoms with van der Waals surface area (Å²) in [5.41, 5.74) is 0.838. The zero-order valence-electron chi connectivity index (χ0n) is 9.92. The van der Waals surface area contributed by atoms with Crippen LogP contribution in [0.15, 0.2) is 12.1 Å². The lowest BCUT2D eigenvalue weighted by molar-refractivity contribution is 0.0396. The molecule has 1 aromatic heterocycles. The largest absolute Gasteiger partial charge is 0.379 e. The van der Waals surface area contributed by atoms with Crippen LogP contribution < -0.4 is 0 Å². The predicted octanol–water partition coefficient (Wildman–Crippen LogP) is 3.72. The second kappa shape index (κ2) is 8.70. The number of pyridine rings is 1. The first-order valence-corrected chi connectivity index (χ1v) is 6.46. The summed E-state index contributed by atoms with van der Waals surface area (Å²) in [4.78, 5) is 3.93. The minimum atomic E-state index is 0.390. The topological polar surface area (TPSA) is 31.4 Å². The minimum Gasteiger partial charge on any atom is -0.379 e. The first-order valence-electron chi connectivity index (χ1n) is 5.70. The van der Waals surface area contributed by atoms with E-state index in [4.69, 9.17) is 32.7 Å². The molecule has 0 aliphatic rings. The molecule has 0 unspecified atom stereocenters. The van der Waals surface area contributed by atoms with Gasteiger partial charge < -0.3 is 9.47 Å². The average molecular weight is 278 g/mol. The summed E-state index contributed by atoms with van der Waals surface area (Å²) in [7, 11) is 0. The van der Waals surface area contributed by atoms with Gasteiger partial charge in [-0.1, -0.05) is 42.6 Å². The van der Waals surface area contributed by atoms with Gasteiger partial charge in [0, 0.05) is 12.2 Å². The molecule has 1 heterocycles. The minimum absolute atomic E-state index is 0.390. The fourth-order valence-electron chi connectivity index (χ4n) is 1.20. The number of unbranched alkanes of at least 4 members (excludes halogenated alkanes) is 1.